The van der Waals surface area contributed by atoms with Crippen molar-refractivity contribution in [3.05, 3.63) is 59.2 Å². The van der Waals surface area contributed by atoms with Crippen LogP contribution in [0.2, 0.25) is 0 Å². The predicted octanol–water partition coefficient (Wildman–Crippen LogP) is 3.81. The van der Waals surface area contributed by atoms with E-state index < -0.39 is 0 Å². The van der Waals surface area contributed by atoms with Crippen molar-refractivity contribution in [2.75, 3.05) is 13.2 Å². The van der Waals surface area contributed by atoms with Crippen molar-refractivity contribution < 1.29 is 9.47 Å². The third-order valence-corrected chi connectivity index (χ3v) is 3.76. The summed E-state index contributed by atoms with van der Waals surface area (Å²) in [6, 6.07) is 14.7. The highest BCUT2D eigenvalue weighted by molar-refractivity contribution is 5.40. The number of aryl methyl sites for hydroxylation is 1. The number of ether oxygens (including phenoxy) is 2. The van der Waals surface area contributed by atoms with E-state index in [0.29, 0.717) is 0 Å². The molecule has 0 N–H and O–H groups in total. The first-order chi connectivity index (χ1) is 9.86. The Morgan fingerprint density at radius 2 is 2.05 bits per heavy atom. The molecule has 0 saturated heterocycles. The van der Waals surface area contributed by atoms with Crippen molar-refractivity contribution >= 4 is 0 Å². The van der Waals surface area contributed by atoms with Gasteiger partial charge in [0.05, 0.1) is 13.2 Å². The zero-order chi connectivity index (χ0) is 13.8. The molecule has 0 aromatic heterocycles. The Balaban J connectivity index is 1.60. The molecule has 0 radical (unpaired) electrons. The first kappa shape index (κ1) is 13.0. The van der Waals surface area contributed by atoms with Crippen LogP contribution in [-0.4, -0.2) is 13.2 Å². The van der Waals surface area contributed by atoms with Crippen LogP contribution in [0.1, 0.15) is 23.6 Å². The summed E-state index contributed by atoms with van der Waals surface area (Å²) in [6.45, 7) is 3.69. The highest BCUT2D eigenvalue weighted by Gasteiger charge is 2.11. The molecule has 3 rings (SSSR count). The van der Waals surface area contributed by atoms with Gasteiger partial charge in [0, 0.05) is 12.8 Å². The smallest absolute Gasteiger partial charge is 0.122 e. The van der Waals surface area contributed by atoms with Crippen LogP contribution >= 0.6 is 0 Å². The average molecular weight is 268 g/mol. The van der Waals surface area contributed by atoms with Gasteiger partial charge >= 0.3 is 0 Å². The normalized spacial score (nSPS) is 12.8. The number of benzene rings is 2. The van der Waals surface area contributed by atoms with Gasteiger partial charge in [-0.1, -0.05) is 37.3 Å². The van der Waals surface area contributed by atoms with E-state index in [1.807, 2.05) is 6.07 Å². The standard InChI is InChI=1S/C18H20O2/c1-2-15-5-3-4-6-17(15)19-11-9-14-7-8-18-16(13-14)10-12-20-18/h3-8,13H,2,9-12H2,1H3. The van der Waals surface area contributed by atoms with Crippen LogP contribution in [-0.2, 0) is 19.3 Å². The maximum absolute atomic E-state index is 5.92. The molecule has 1 heterocycles. The molecule has 20 heavy (non-hydrogen) atoms. The zero-order valence-electron chi connectivity index (χ0n) is 11.9. The molecule has 0 bridgehead atoms. The lowest BCUT2D eigenvalue weighted by atomic mass is 10.1. The predicted molar refractivity (Wildman–Crippen MR) is 80.7 cm³/mol. The quantitative estimate of drug-likeness (QED) is 0.821. The molecule has 0 aliphatic carbocycles. The summed E-state index contributed by atoms with van der Waals surface area (Å²) in [4.78, 5) is 0. The number of hydrogen-bond donors (Lipinski definition) is 0. The largest absolute Gasteiger partial charge is 0.493 e. The molecule has 2 aromatic rings. The van der Waals surface area contributed by atoms with E-state index in [2.05, 4.69) is 43.3 Å². The third kappa shape index (κ3) is 2.79. The maximum Gasteiger partial charge on any atom is 0.122 e. The third-order valence-electron chi connectivity index (χ3n) is 3.76. The SMILES string of the molecule is CCc1ccccc1OCCc1ccc2c(c1)CCO2. The molecule has 0 saturated carbocycles. The van der Waals surface area contributed by atoms with Crippen LogP contribution < -0.4 is 9.47 Å². The van der Waals surface area contributed by atoms with E-state index in [1.54, 1.807) is 0 Å². The van der Waals surface area contributed by atoms with E-state index in [1.165, 1.54) is 16.7 Å². The number of hydrogen-bond acceptors (Lipinski definition) is 2. The first-order valence-corrected chi connectivity index (χ1v) is 7.32. The van der Waals surface area contributed by atoms with Gasteiger partial charge in [0.15, 0.2) is 0 Å². The summed E-state index contributed by atoms with van der Waals surface area (Å²) in [6.07, 6.45) is 2.97. The molecule has 0 unspecified atom stereocenters. The minimum Gasteiger partial charge on any atom is -0.493 e. The Hall–Kier alpha value is -1.96. The molecule has 0 amide bonds. The summed E-state index contributed by atoms with van der Waals surface area (Å²) in [7, 11) is 0. The second kappa shape index (κ2) is 6.00. The fraction of sp³-hybridized carbons (Fsp3) is 0.333. The second-order valence-corrected chi connectivity index (χ2v) is 5.10. The molecule has 2 nitrogen and oxygen atoms in total. The van der Waals surface area contributed by atoms with Crippen LogP contribution in [0.5, 0.6) is 11.5 Å². The van der Waals surface area contributed by atoms with Crippen LogP contribution in [0, 0.1) is 0 Å². The van der Waals surface area contributed by atoms with Crippen LogP contribution in [0.25, 0.3) is 0 Å². The first-order valence-electron chi connectivity index (χ1n) is 7.32. The topological polar surface area (TPSA) is 18.5 Å². The van der Waals surface area contributed by atoms with Gasteiger partial charge in [0.1, 0.15) is 11.5 Å². The van der Waals surface area contributed by atoms with Crippen molar-refractivity contribution in [3.63, 3.8) is 0 Å². The molecule has 104 valence electrons. The minimum absolute atomic E-state index is 0.719. The second-order valence-electron chi connectivity index (χ2n) is 5.10. The highest BCUT2D eigenvalue weighted by atomic mass is 16.5. The molecule has 0 fully saturated rings. The molecule has 0 spiro atoms. The molecule has 2 heteroatoms. The molecular formula is C18H20O2. The average Bonchev–Trinajstić information content (AvgIpc) is 2.95. The monoisotopic (exact) mass is 268 g/mol. The lowest BCUT2D eigenvalue weighted by Crippen LogP contribution is -2.03. The Kier molecular flexibility index (Phi) is 3.91. The van der Waals surface area contributed by atoms with Gasteiger partial charge in [-0.25, -0.2) is 0 Å². The number of rotatable bonds is 5. The van der Waals surface area contributed by atoms with Crippen LogP contribution in [0.3, 0.4) is 0 Å². The van der Waals surface area contributed by atoms with E-state index >= 15 is 0 Å². The van der Waals surface area contributed by atoms with Gasteiger partial charge in [-0.05, 0) is 35.2 Å². The summed E-state index contributed by atoms with van der Waals surface area (Å²) in [5.74, 6) is 2.06. The van der Waals surface area contributed by atoms with Crippen molar-refractivity contribution in [2.24, 2.45) is 0 Å². The summed E-state index contributed by atoms with van der Waals surface area (Å²) < 4.78 is 11.4. The van der Waals surface area contributed by atoms with Crippen molar-refractivity contribution in [2.45, 2.75) is 26.2 Å². The van der Waals surface area contributed by atoms with Gasteiger partial charge in [0.25, 0.3) is 0 Å². The van der Waals surface area contributed by atoms with Gasteiger partial charge in [0.2, 0.25) is 0 Å². The lowest BCUT2D eigenvalue weighted by Gasteiger charge is -2.10. The van der Waals surface area contributed by atoms with Gasteiger partial charge < -0.3 is 9.47 Å². The summed E-state index contributed by atoms with van der Waals surface area (Å²) in [5, 5.41) is 0. The Morgan fingerprint density at radius 1 is 1.15 bits per heavy atom. The molecule has 1 aliphatic heterocycles. The van der Waals surface area contributed by atoms with Crippen molar-refractivity contribution in [1.82, 2.24) is 0 Å². The molecule has 1 aliphatic rings. The van der Waals surface area contributed by atoms with Crippen molar-refractivity contribution in [1.29, 1.82) is 0 Å². The Bertz CT molecular complexity index is 590. The molecule has 0 atom stereocenters. The van der Waals surface area contributed by atoms with Gasteiger partial charge in [-0.2, -0.15) is 0 Å². The maximum atomic E-state index is 5.92. The van der Waals surface area contributed by atoms with E-state index in [9.17, 15) is 0 Å². The van der Waals surface area contributed by atoms with Gasteiger partial charge in [-0.15, -0.1) is 0 Å². The molecular weight excluding hydrogens is 248 g/mol. The van der Waals surface area contributed by atoms with Crippen molar-refractivity contribution in [3.8, 4) is 11.5 Å². The zero-order valence-corrected chi connectivity index (χ0v) is 11.9. The number of fused-ring (bicyclic) bond motifs is 1. The van der Waals surface area contributed by atoms with E-state index in [-0.39, 0.29) is 0 Å². The van der Waals surface area contributed by atoms with E-state index in [0.717, 1.165) is 44.0 Å². The number of para-hydroxylation sites is 1. The molecule has 2 aromatic carbocycles. The van der Waals surface area contributed by atoms with Crippen LogP contribution in [0.4, 0.5) is 0 Å². The Morgan fingerprint density at radius 3 is 2.95 bits per heavy atom. The van der Waals surface area contributed by atoms with E-state index in [4.69, 9.17) is 9.47 Å². The Labute approximate surface area is 120 Å². The lowest BCUT2D eigenvalue weighted by molar-refractivity contribution is 0.319. The van der Waals surface area contributed by atoms with Crippen LogP contribution in [0.15, 0.2) is 42.5 Å². The summed E-state index contributed by atoms with van der Waals surface area (Å²) in [5.41, 5.74) is 3.93. The minimum atomic E-state index is 0.719. The fourth-order valence-corrected chi connectivity index (χ4v) is 2.61. The highest BCUT2D eigenvalue weighted by Crippen LogP contribution is 2.26. The van der Waals surface area contributed by atoms with Gasteiger partial charge in [-0.3, -0.25) is 0 Å². The fourth-order valence-electron chi connectivity index (χ4n) is 2.61. The summed E-state index contributed by atoms with van der Waals surface area (Å²) >= 11 is 0.